The van der Waals surface area contributed by atoms with Gasteiger partial charge in [0.05, 0.1) is 15.6 Å². The highest BCUT2D eigenvalue weighted by Gasteiger charge is 2.27. The second-order valence-corrected chi connectivity index (χ2v) is 10.5. The van der Waals surface area contributed by atoms with E-state index in [9.17, 15) is 9.59 Å². The lowest BCUT2D eigenvalue weighted by Gasteiger charge is -2.12. The van der Waals surface area contributed by atoms with Gasteiger partial charge in [0, 0.05) is 22.8 Å². The van der Waals surface area contributed by atoms with Crippen LogP contribution in [0.25, 0.3) is 0 Å². The Hall–Kier alpha value is -2.36. The molecule has 6 nitrogen and oxygen atoms in total. The molecule has 0 aliphatic heterocycles. The number of thiazole rings is 1. The molecule has 3 aromatic rings. The van der Waals surface area contributed by atoms with Crippen molar-refractivity contribution in [1.29, 1.82) is 0 Å². The molecule has 1 aliphatic rings. The van der Waals surface area contributed by atoms with Gasteiger partial charge in [-0.15, -0.1) is 23.5 Å². The molecule has 2 amide bonds. The van der Waals surface area contributed by atoms with E-state index in [2.05, 4.69) is 32.7 Å². The number of nitrogens with zero attached hydrogens (tertiary/aromatic N) is 2. The lowest BCUT2D eigenvalue weighted by Crippen LogP contribution is -2.22. The zero-order chi connectivity index (χ0) is 22.3. The quantitative estimate of drug-likeness (QED) is 0.278. The third-order valence-electron chi connectivity index (χ3n) is 5.20. The predicted molar refractivity (Wildman–Crippen MR) is 133 cm³/mol. The molecule has 1 aliphatic carbocycles. The summed E-state index contributed by atoms with van der Waals surface area (Å²) < 4.78 is 1.07. The summed E-state index contributed by atoms with van der Waals surface area (Å²) in [6, 6.07) is 13.2. The van der Waals surface area contributed by atoms with Crippen LogP contribution >= 0.6 is 34.9 Å². The van der Waals surface area contributed by atoms with Crippen molar-refractivity contribution in [3.8, 4) is 0 Å². The van der Waals surface area contributed by atoms with Gasteiger partial charge in [-0.25, -0.2) is 9.78 Å². The van der Waals surface area contributed by atoms with E-state index in [-0.39, 0.29) is 11.7 Å². The maximum atomic E-state index is 12.8. The zero-order valence-electron chi connectivity index (χ0n) is 17.7. The first kappa shape index (κ1) is 22.8. The molecule has 0 radical (unpaired) electrons. The van der Waals surface area contributed by atoms with E-state index in [0.29, 0.717) is 16.5 Å². The van der Waals surface area contributed by atoms with Crippen LogP contribution in [0.3, 0.4) is 0 Å². The standard InChI is InChI=1S/C23H24N4O2S3/c1-30-21-18(14-31-16-10-3-2-4-11-16)26-23(32-21)27-22(29)25-17-12-7-13-24-19(17)20(28)15-8-5-6-9-15/h2-4,7,10-13,15H,5-6,8-9,14H2,1H3,(H2,25,26,27,29). The summed E-state index contributed by atoms with van der Waals surface area (Å²) in [6.07, 6.45) is 7.51. The van der Waals surface area contributed by atoms with Crippen LogP contribution in [0.15, 0.2) is 57.8 Å². The van der Waals surface area contributed by atoms with Gasteiger partial charge >= 0.3 is 6.03 Å². The van der Waals surface area contributed by atoms with Crippen LogP contribution in [-0.2, 0) is 5.75 Å². The van der Waals surface area contributed by atoms with Gasteiger partial charge in [0.2, 0.25) is 0 Å². The van der Waals surface area contributed by atoms with Gasteiger partial charge in [0.15, 0.2) is 10.9 Å². The van der Waals surface area contributed by atoms with E-state index in [0.717, 1.165) is 41.3 Å². The number of carbonyl (C=O) groups excluding carboxylic acids is 2. The fourth-order valence-electron chi connectivity index (χ4n) is 3.64. The number of pyridine rings is 1. The minimum atomic E-state index is -0.429. The molecule has 166 valence electrons. The van der Waals surface area contributed by atoms with Gasteiger partial charge in [-0.1, -0.05) is 42.4 Å². The Kier molecular flexibility index (Phi) is 7.83. The number of hydrogen-bond donors (Lipinski definition) is 2. The summed E-state index contributed by atoms with van der Waals surface area (Å²) in [6.45, 7) is 0. The van der Waals surface area contributed by atoms with Crippen LogP contribution in [0.5, 0.6) is 0 Å². The van der Waals surface area contributed by atoms with E-state index < -0.39 is 6.03 Å². The molecule has 9 heteroatoms. The minimum Gasteiger partial charge on any atom is -0.305 e. The number of rotatable bonds is 8. The number of anilines is 2. The summed E-state index contributed by atoms with van der Waals surface area (Å²) >= 11 is 4.78. The highest BCUT2D eigenvalue weighted by atomic mass is 32.2. The van der Waals surface area contributed by atoms with Gasteiger partial charge in [-0.3, -0.25) is 15.1 Å². The molecular formula is C23H24N4O2S3. The Morgan fingerprint density at radius 1 is 1.09 bits per heavy atom. The number of nitrogens with one attached hydrogen (secondary N) is 2. The van der Waals surface area contributed by atoms with Gasteiger partial charge < -0.3 is 5.32 Å². The van der Waals surface area contributed by atoms with Gasteiger partial charge in [-0.2, -0.15) is 0 Å². The molecule has 0 spiro atoms. The summed E-state index contributed by atoms with van der Waals surface area (Å²) in [5, 5.41) is 6.13. The van der Waals surface area contributed by atoms with Crippen molar-refractivity contribution in [1.82, 2.24) is 9.97 Å². The Morgan fingerprint density at radius 2 is 1.88 bits per heavy atom. The Balaban J connectivity index is 1.41. The van der Waals surface area contributed by atoms with Gasteiger partial charge in [-0.05, 0) is 43.4 Å². The first-order chi connectivity index (χ1) is 15.6. The molecule has 2 N–H and O–H groups in total. The average molecular weight is 485 g/mol. The van der Waals surface area contributed by atoms with Crippen molar-refractivity contribution in [2.75, 3.05) is 16.9 Å². The number of amides is 2. The largest absolute Gasteiger partial charge is 0.325 e. The molecule has 1 saturated carbocycles. The predicted octanol–water partition coefficient (Wildman–Crippen LogP) is 6.57. The fraction of sp³-hybridized carbons (Fsp3) is 0.304. The number of hydrogen-bond acceptors (Lipinski definition) is 7. The molecule has 32 heavy (non-hydrogen) atoms. The van der Waals surface area contributed by atoms with E-state index in [1.807, 2.05) is 24.5 Å². The van der Waals surface area contributed by atoms with Crippen LogP contribution in [-0.4, -0.2) is 28.0 Å². The highest BCUT2D eigenvalue weighted by molar-refractivity contribution is 8.01. The van der Waals surface area contributed by atoms with Gasteiger partial charge in [0.1, 0.15) is 5.69 Å². The maximum absolute atomic E-state index is 12.8. The number of thioether (sulfide) groups is 2. The topological polar surface area (TPSA) is 84.0 Å². The fourth-order valence-corrected chi connectivity index (χ4v) is 6.32. The van der Waals surface area contributed by atoms with Gasteiger partial charge in [0.25, 0.3) is 0 Å². The normalized spacial score (nSPS) is 13.8. The molecule has 1 aromatic carbocycles. The van der Waals surface area contributed by atoms with Crippen molar-refractivity contribution in [3.05, 3.63) is 60.0 Å². The number of Topliss-reactive ketones (excluding diaryl/α,β-unsaturated/α-hetero) is 1. The summed E-state index contributed by atoms with van der Waals surface area (Å²) in [7, 11) is 0. The van der Waals surface area contributed by atoms with E-state index >= 15 is 0 Å². The molecule has 0 unspecified atom stereocenters. The molecular weight excluding hydrogens is 460 g/mol. The van der Waals surface area contributed by atoms with Crippen LogP contribution in [0.2, 0.25) is 0 Å². The second-order valence-electron chi connectivity index (χ2n) is 7.38. The van der Waals surface area contributed by atoms with Crippen LogP contribution in [0.4, 0.5) is 15.6 Å². The smallest absolute Gasteiger partial charge is 0.305 e. The molecule has 0 saturated heterocycles. The molecule has 1 fully saturated rings. The third kappa shape index (κ3) is 5.70. The number of ketones is 1. The Labute approximate surface area is 200 Å². The summed E-state index contributed by atoms with van der Waals surface area (Å²) in [4.78, 5) is 35.5. The molecule has 2 heterocycles. The maximum Gasteiger partial charge on any atom is 0.325 e. The van der Waals surface area contributed by atoms with Crippen molar-refractivity contribution >= 4 is 57.5 Å². The van der Waals surface area contributed by atoms with Crippen LogP contribution in [0.1, 0.15) is 41.9 Å². The Morgan fingerprint density at radius 3 is 2.62 bits per heavy atom. The number of aromatic nitrogens is 2. The van der Waals surface area contributed by atoms with Crippen molar-refractivity contribution in [3.63, 3.8) is 0 Å². The summed E-state index contributed by atoms with van der Waals surface area (Å²) in [5.74, 6) is 0.738. The van der Waals surface area contributed by atoms with Crippen LogP contribution < -0.4 is 10.6 Å². The SMILES string of the molecule is CSc1sc(NC(=O)Nc2cccnc2C(=O)C2CCCC2)nc1CSc1ccccc1. The van der Waals surface area contributed by atoms with Crippen LogP contribution in [0, 0.1) is 5.92 Å². The molecule has 2 aromatic heterocycles. The average Bonchev–Trinajstić information content (AvgIpc) is 3.48. The van der Waals surface area contributed by atoms with E-state index in [1.54, 1.807) is 41.9 Å². The highest BCUT2D eigenvalue weighted by Crippen LogP contribution is 2.35. The first-order valence-electron chi connectivity index (χ1n) is 10.4. The molecule has 0 bridgehead atoms. The zero-order valence-corrected chi connectivity index (χ0v) is 20.1. The number of carbonyl (C=O) groups is 2. The van der Waals surface area contributed by atoms with Crippen molar-refractivity contribution in [2.24, 2.45) is 5.92 Å². The monoisotopic (exact) mass is 484 g/mol. The molecule has 0 atom stereocenters. The molecule has 4 rings (SSSR count). The lowest BCUT2D eigenvalue weighted by atomic mass is 9.99. The minimum absolute atomic E-state index is 0.00119. The van der Waals surface area contributed by atoms with Crippen molar-refractivity contribution < 1.29 is 9.59 Å². The van der Waals surface area contributed by atoms with E-state index in [4.69, 9.17) is 0 Å². The van der Waals surface area contributed by atoms with Crippen molar-refractivity contribution in [2.45, 2.75) is 40.5 Å². The number of benzene rings is 1. The third-order valence-corrected chi connectivity index (χ3v) is 8.39. The van der Waals surface area contributed by atoms with E-state index in [1.165, 1.54) is 16.2 Å². The second kappa shape index (κ2) is 11.0. The first-order valence-corrected chi connectivity index (χ1v) is 13.5. The number of urea groups is 1. The summed E-state index contributed by atoms with van der Waals surface area (Å²) in [5.41, 5.74) is 1.71. The Bertz CT molecular complexity index is 1080. The lowest BCUT2D eigenvalue weighted by molar-refractivity contribution is 0.0918.